The molecule has 0 spiro atoms. The molecule has 0 aliphatic heterocycles. The minimum atomic E-state index is -0.250. The molecule has 3 aromatic heterocycles. The van der Waals surface area contributed by atoms with Crippen molar-refractivity contribution in [1.29, 1.82) is 0 Å². The first-order valence-electron chi connectivity index (χ1n) is 11.0. The van der Waals surface area contributed by atoms with Crippen molar-refractivity contribution in [2.24, 2.45) is 0 Å². The lowest BCUT2D eigenvalue weighted by Crippen LogP contribution is -2.24. The fourth-order valence-corrected chi connectivity index (χ4v) is 5.03. The Morgan fingerprint density at radius 2 is 2.03 bits per heavy atom. The third-order valence-corrected chi connectivity index (χ3v) is 6.87. The fraction of sp³-hybridized carbons (Fsp3) is 0.192. The van der Waals surface area contributed by atoms with Crippen LogP contribution in [0.15, 0.2) is 60.8 Å². The van der Waals surface area contributed by atoms with Crippen LogP contribution in [0.3, 0.4) is 0 Å². The maximum atomic E-state index is 12.5. The summed E-state index contributed by atoms with van der Waals surface area (Å²) in [6.07, 6.45) is 8.10. The number of thiophene rings is 1. The Morgan fingerprint density at radius 3 is 2.76 bits per heavy atom. The Morgan fingerprint density at radius 1 is 1.18 bits per heavy atom. The van der Waals surface area contributed by atoms with Crippen molar-refractivity contribution < 1.29 is 4.79 Å². The van der Waals surface area contributed by atoms with E-state index in [0.717, 1.165) is 40.4 Å². The van der Waals surface area contributed by atoms with E-state index in [4.69, 9.17) is 28.3 Å². The van der Waals surface area contributed by atoms with E-state index in [-0.39, 0.29) is 12.5 Å². The predicted octanol–water partition coefficient (Wildman–Crippen LogP) is 7.35. The molecule has 0 fully saturated rings. The van der Waals surface area contributed by atoms with Gasteiger partial charge in [-0.1, -0.05) is 48.7 Å². The van der Waals surface area contributed by atoms with E-state index < -0.39 is 0 Å². The van der Waals surface area contributed by atoms with Crippen LogP contribution >= 0.6 is 34.5 Å². The van der Waals surface area contributed by atoms with E-state index in [1.54, 1.807) is 47.9 Å². The highest BCUT2D eigenvalue weighted by molar-refractivity contribution is 7.16. The minimum Gasteiger partial charge on any atom is -0.345 e. The Balaban J connectivity index is 1.71. The topological polar surface area (TPSA) is 59.8 Å². The van der Waals surface area contributed by atoms with Crippen LogP contribution in [0.4, 0.5) is 0 Å². The van der Waals surface area contributed by atoms with Crippen molar-refractivity contribution in [3.63, 3.8) is 0 Å². The molecule has 34 heavy (non-hydrogen) atoms. The van der Waals surface area contributed by atoms with Gasteiger partial charge in [-0.3, -0.25) is 9.78 Å². The molecule has 3 heterocycles. The molecule has 0 radical (unpaired) electrons. The Hall–Kier alpha value is -2.93. The second-order valence-electron chi connectivity index (χ2n) is 7.72. The van der Waals surface area contributed by atoms with E-state index in [0.29, 0.717) is 15.7 Å². The highest BCUT2D eigenvalue weighted by Crippen LogP contribution is 2.36. The summed E-state index contributed by atoms with van der Waals surface area (Å²) < 4.78 is 1.83. The first-order valence-corrected chi connectivity index (χ1v) is 12.5. The van der Waals surface area contributed by atoms with Crippen LogP contribution in [-0.4, -0.2) is 20.7 Å². The number of allylic oxidation sites excluding steroid dienone is 1. The molecule has 4 rings (SSSR count). The Labute approximate surface area is 213 Å². The molecule has 1 aromatic carbocycles. The van der Waals surface area contributed by atoms with Gasteiger partial charge in [0.05, 0.1) is 33.5 Å². The lowest BCUT2D eigenvalue weighted by molar-refractivity contribution is 0.0945. The van der Waals surface area contributed by atoms with E-state index in [9.17, 15) is 4.79 Å². The summed E-state index contributed by atoms with van der Waals surface area (Å²) in [4.78, 5) is 18.9. The summed E-state index contributed by atoms with van der Waals surface area (Å²) >= 11 is 14.4. The summed E-state index contributed by atoms with van der Waals surface area (Å²) in [5.74, 6) is -0.250. The van der Waals surface area contributed by atoms with Gasteiger partial charge >= 0.3 is 0 Å². The van der Waals surface area contributed by atoms with Crippen LogP contribution in [0.1, 0.15) is 46.4 Å². The first-order chi connectivity index (χ1) is 16.5. The molecule has 1 amide bonds. The number of carbonyl (C=O) groups is 1. The van der Waals surface area contributed by atoms with Gasteiger partial charge in [0.25, 0.3) is 5.91 Å². The van der Waals surface area contributed by atoms with Crippen LogP contribution in [0.25, 0.3) is 22.3 Å². The second-order valence-corrected chi connectivity index (χ2v) is 9.68. The van der Waals surface area contributed by atoms with Crippen molar-refractivity contribution in [3.05, 3.63) is 92.7 Å². The summed E-state index contributed by atoms with van der Waals surface area (Å²) in [5, 5.41) is 8.82. The number of aromatic nitrogens is 3. The summed E-state index contributed by atoms with van der Waals surface area (Å²) in [7, 11) is 0. The maximum Gasteiger partial charge on any atom is 0.270 e. The lowest BCUT2D eigenvalue weighted by Gasteiger charge is -2.09. The number of hydrogen-bond acceptors (Lipinski definition) is 4. The van der Waals surface area contributed by atoms with Gasteiger partial charge in [0.15, 0.2) is 0 Å². The first kappa shape index (κ1) is 24.2. The number of pyridine rings is 1. The van der Waals surface area contributed by atoms with Crippen LogP contribution in [-0.2, 0) is 6.54 Å². The van der Waals surface area contributed by atoms with Gasteiger partial charge in [-0.05, 0) is 61.9 Å². The number of unbranched alkanes of at least 4 members (excludes halogenated alkanes) is 1. The van der Waals surface area contributed by atoms with Crippen LogP contribution in [0, 0.1) is 6.92 Å². The van der Waals surface area contributed by atoms with Gasteiger partial charge in [0.2, 0.25) is 0 Å². The quantitative estimate of drug-likeness (QED) is 0.269. The zero-order chi connectivity index (χ0) is 24.1. The SMILES string of the molecule is CCCC=Cc1ccc(-c2c(C)c(CNC(=O)c3ccccn3)nn2-c2ccc(Cl)cc2Cl)s1. The lowest BCUT2D eigenvalue weighted by atomic mass is 10.1. The molecule has 174 valence electrons. The number of rotatable bonds is 8. The van der Waals surface area contributed by atoms with E-state index >= 15 is 0 Å². The molecule has 0 aliphatic rings. The third kappa shape index (κ3) is 5.41. The molecular weight excluding hydrogens is 487 g/mol. The van der Waals surface area contributed by atoms with Crippen molar-refractivity contribution in [3.8, 4) is 16.3 Å². The van der Waals surface area contributed by atoms with Crippen molar-refractivity contribution >= 4 is 46.5 Å². The highest BCUT2D eigenvalue weighted by Gasteiger charge is 2.21. The van der Waals surface area contributed by atoms with E-state index in [1.165, 1.54) is 4.88 Å². The zero-order valence-corrected chi connectivity index (χ0v) is 21.2. The van der Waals surface area contributed by atoms with E-state index in [1.807, 2.05) is 17.7 Å². The van der Waals surface area contributed by atoms with Crippen molar-refractivity contribution in [2.75, 3.05) is 0 Å². The second kappa shape index (κ2) is 11.0. The van der Waals surface area contributed by atoms with Gasteiger partial charge in [-0.2, -0.15) is 5.10 Å². The summed E-state index contributed by atoms with van der Waals surface area (Å²) in [6.45, 7) is 4.44. The molecular formula is C26H24Cl2N4OS. The molecule has 0 unspecified atom stereocenters. The molecule has 0 atom stereocenters. The summed E-state index contributed by atoms with van der Waals surface area (Å²) in [5.41, 5.74) is 3.75. The zero-order valence-electron chi connectivity index (χ0n) is 18.9. The molecule has 4 aromatic rings. The molecule has 0 aliphatic carbocycles. The molecule has 1 N–H and O–H groups in total. The van der Waals surface area contributed by atoms with Crippen LogP contribution < -0.4 is 5.32 Å². The van der Waals surface area contributed by atoms with Gasteiger partial charge in [-0.15, -0.1) is 11.3 Å². The van der Waals surface area contributed by atoms with Crippen molar-refractivity contribution in [1.82, 2.24) is 20.1 Å². The molecule has 0 saturated heterocycles. The number of nitrogens with one attached hydrogen (secondary N) is 1. The van der Waals surface area contributed by atoms with Gasteiger partial charge in [0, 0.05) is 21.7 Å². The standard InChI is InChI=1S/C26H24Cl2N4OS/c1-3-4-5-8-19-11-13-24(34-19)25-17(2)22(16-30-26(33)21-9-6-7-14-29-21)31-32(25)23-12-10-18(27)15-20(23)28/h5-15H,3-4,16H2,1-2H3,(H,30,33). The number of amides is 1. The van der Waals surface area contributed by atoms with Crippen LogP contribution in [0.2, 0.25) is 10.0 Å². The number of carbonyl (C=O) groups excluding carboxylic acids is 1. The average molecular weight is 511 g/mol. The average Bonchev–Trinajstić information content (AvgIpc) is 3.42. The maximum absolute atomic E-state index is 12.5. The van der Waals surface area contributed by atoms with E-state index in [2.05, 4.69) is 41.5 Å². The Bertz CT molecular complexity index is 1330. The minimum absolute atomic E-state index is 0.250. The largest absolute Gasteiger partial charge is 0.345 e. The van der Waals surface area contributed by atoms with Crippen molar-refractivity contribution in [2.45, 2.75) is 33.2 Å². The van der Waals surface area contributed by atoms with Gasteiger partial charge < -0.3 is 5.32 Å². The van der Waals surface area contributed by atoms with Gasteiger partial charge in [0.1, 0.15) is 5.69 Å². The fourth-order valence-electron chi connectivity index (χ4n) is 3.51. The predicted molar refractivity (Wildman–Crippen MR) is 141 cm³/mol. The van der Waals surface area contributed by atoms with Gasteiger partial charge in [-0.25, -0.2) is 4.68 Å². The monoisotopic (exact) mass is 510 g/mol. The molecule has 0 bridgehead atoms. The normalized spacial score (nSPS) is 11.3. The molecule has 0 saturated carbocycles. The number of hydrogen-bond donors (Lipinski definition) is 1. The smallest absolute Gasteiger partial charge is 0.270 e. The molecule has 5 nitrogen and oxygen atoms in total. The molecule has 8 heteroatoms. The number of nitrogens with zero attached hydrogens (tertiary/aromatic N) is 3. The number of halogens is 2. The van der Waals surface area contributed by atoms with Crippen LogP contribution in [0.5, 0.6) is 0 Å². The highest BCUT2D eigenvalue weighted by atomic mass is 35.5. The summed E-state index contributed by atoms with van der Waals surface area (Å²) in [6, 6.07) is 14.8. The number of benzene rings is 1. The Kier molecular flexibility index (Phi) is 7.83. The third-order valence-electron chi connectivity index (χ3n) is 5.27.